The molecule has 2 aliphatic rings. The fourth-order valence-corrected chi connectivity index (χ4v) is 15.5. The van der Waals surface area contributed by atoms with E-state index in [2.05, 4.69) is 255 Å². The summed E-state index contributed by atoms with van der Waals surface area (Å²) in [4.78, 5) is 0. The van der Waals surface area contributed by atoms with Crippen molar-refractivity contribution in [3.05, 3.63) is 239 Å². The van der Waals surface area contributed by atoms with Crippen LogP contribution in [-0.4, -0.2) is 9.13 Å². The molecule has 0 fully saturated rings. The molecule has 0 bridgehead atoms. The Balaban J connectivity index is 0.813. The fourth-order valence-electron chi connectivity index (χ4n) is 15.5. The van der Waals surface area contributed by atoms with Crippen molar-refractivity contribution in [1.29, 1.82) is 0 Å². The van der Waals surface area contributed by atoms with Gasteiger partial charge in [-0.2, -0.15) is 0 Å². The van der Waals surface area contributed by atoms with Crippen molar-refractivity contribution in [3.63, 3.8) is 0 Å². The Kier molecular flexibility index (Phi) is 16.7. The van der Waals surface area contributed by atoms with Crippen LogP contribution in [0.15, 0.2) is 194 Å². The highest BCUT2D eigenvalue weighted by Gasteiger charge is 2.44. The van der Waals surface area contributed by atoms with Crippen molar-refractivity contribution in [2.75, 3.05) is 0 Å². The molecule has 0 N–H and O–H groups in total. The SMILES string of the molecule is CCCCCCC1(CCCCCC)c2cc(C#Cc3ccc(C#Cc4ccc5c(c4)C(CCCCCC)(CCCCCC)c4cc(-n6c7ccccc7c7ccccc76)ccc4-5)cc3)ccc2-c2ccc(-n3c4ccccc4c4ccccc43)cc21. The highest BCUT2D eigenvalue weighted by molar-refractivity contribution is 6.10. The number of aromatic nitrogens is 2. The molecule has 0 amide bonds. The van der Waals surface area contributed by atoms with Gasteiger partial charge >= 0.3 is 0 Å². The quantitative estimate of drug-likeness (QED) is 0.0473. The molecule has 2 aliphatic carbocycles. The van der Waals surface area contributed by atoms with Crippen molar-refractivity contribution in [2.45, 2.75) is 167 Å². The van der Waals surface area contributed by atoms with Gasteiger partial charge in [-0.05, 0) is 167 Å². The van der Waals surface area contributed by atoms with Crippen molar-refractivity contribution in [1.82, 2.24) is 9.13 Å². The van der Waals surface area contributed by atoms with Gasteiger partial charge in [-0.25, -0.2) is 0 Å². The van der Waals surface area contributed by atoms with E-state index in [0.717, 1.165) is 47.9 Å². The third-order valence-corrected chi connectivity index (χ3v) is 19.8. The number of fused-ring (bicyclic) bond motifs is 12. The van der Waals surface area contributed by atoms with Gasteiger partial charge in [0, 0.05) is 66.0 Å². The molecule has 0 spiro atoms. The summed E-state index contributed by atoms with van der Waals surface area (Å²) in [6.45, 7) is 9.32. The summed E-state index contributed by atoms with van der Waals surface area (Å²) in [5.41, 5.74) is 23.1. The van der Waals surface area contributed by atoms with Gasteiger partial charge in [0.25, 0.3) is 0 Å². The van der Waals surface area contributed by atoms with Gasteiger partial charge in [0.15, 0.2) is 0 Å². The molecule has 2 aromatic heterocycles. The van der Waals surface area contributed by atoms with Gasteiger partial charge in [0.1, 0.15) is 0 Å². The molecular weight excluding hydrogens is 1040 g/mol. The standard InChI is InChI=1S/C84H84N2/c1-5-9-13-25-53-83(54-26-14-10-6-2)75-57-63(45-49-67(75)69-51-47-65(59-77(69)83)85-79-33-21-17-29-71(79)72-30-18-22-34-80(72)85)43-41-61-37-39-62(40-38-61)42-44-64-46-50-68-70-52-48-66(86-81-35-23-19-31-73(81)74-32-20-24-36-82(74)86)60-78(70)84(76(68)58-64,55-27-15-11-7-3)56-28-16-12-8-4/h17-24,29-40,45-52,57-60H,5-16,25-28,53-56H2,1-4H3. The molecule has 0 saturated heterocycles. The normalized spacial score (nSPS) is 13.3. The van der Waals surface area contributed by atoms with Crippen molar-refractivity contribution in [2.24, 2.45) is 0 Å². The zero-order chi connectivity index (χ0) is 58.5. The smallest absolute Gasteiger partial charge is 0.0541 e. The summed E-state index contributed by atoms with van der Waals surface area (Å²) in [7, 11) is 0. The highest BCUT2D eigenvalue weighted by Crippen LogP contribution is 2.57. The number of nitrogens with zero attached hydrogens (tertiary/aromatic N) is 2. The van der Waals surface area contributed by atoms with Crippen LogP contribution in [0.5, 0.6) is 0 Å². The number of hydrogen-bond acceptors (Lipinski definition) is 0. The second kappa shape index (κ2) is 25.3. The molecule has 0 unspecified atom stereocenters. The molecule has 0 radical (unpaired) electrons. The zero-order valence-corrected chi connectivity index (χ0v) is 51.5. The lowest BCUT2D eigenvalue weighted by atomic mass is 9.70. The third-order valence-electron chi connectivity index (χ3n) is 19.8. The van der Waals surface area contributed by atoms with E-state index in [-0.39, 0.29) is 10.8 Å². The Morgan fingerprint density at radius 2 is 0.535 bits per heavy atom. The minimum Gasteiger partial charge on any atom is -0.309 e. The first kappa shape index (κ1) is 56.8. The van der Waals surface area contributed by atoms with E-state index in [1.54, 1.807) is 0 Å². The molecule has 13 rings (SSSR count). The Morgan fingerprint density at radius 1 is 0.267 bits per heavy atom. The van der Waals surface area contributed by atoms with E-state index in [0.29, 0.717) is 0 Å². The molecule has 2 heteroatoms. The van der Waals surface area contributed by atoms with Gasteiger partial charge in [-0.15, -0.1) is 0 Å². The minimum absolute atomic E-state index is 0.0789. The Bertz CT molecular complexity index is 3970. The van der Waals surface area contributed by atoms with E-state index in [4.69, 9.17) is 0 Å². The number of unbranched alkanes of at least 4 members (excludes halogenated alkanes) is 12. The largest absolute Gasteiger partial charge is 0.309 e. The molecule has 11 aromatic rings. The van der Waals surface area contributed by atoms with Crippen LogP contribution in [0.2, 0.25) is 0 Å². The maximum atomic E-state index is 3.68. The van der Waals surface area contributed by atoms with Crippen LogP contribution < -0.4 is 0 Å². The first-order chi connectivity index (χ1) is 42.5. The summed E-state index contributed by atoms with van der Waals surface area (Å²) in [5, 5.41) is 5.22. The predicted octanol–water partition coefficient (Wildman–Crippen LogP) is 23.1. The number of rotatable bonds is 22. The van der Waals surface area contributed by atoms with Crippen LogP contribution >= 0.6 is 0 Å². The number of benzene rings is 9. The van der Waals surface area contributed by atoms with Gasteiger partial charge in [0.2, 0.25) is 0 Å². The molecule has 0 aliphatic heterocycles. The van der Waals surface area contributed by atoms with E-state index in [1.807, 2.05) is 0 Å². The molecule has 2 nitrogen and oxygen atoms in total. The Hall–Kier alpha value is -8.30. The lowest BCUT2D eigenvalue weighted by molar-refractivity contribution is 0.401. The molecule has 86 heavy (non-hydrogen) atoms. The maximum absolute atomic E-state index is 3.68. The summed E-state index contributed by atoms with van der Waals surface area (Å²) in [5.74, 6) is 14.6. The Morgan fingerprint density at radius 3 is 0.849 bits per heavy atom. The van der Waals surface area contributed by atoms with Crippen LogP contribution in [0.25, 0.3) is 77.2 Å². The maximum Gasteiger partial charge on any atom is 0.0541 e. The molecule has 0 atom stereocenters. The van der Waals surface area contributed by atoms with Crippen molar-refractivity contribution in [3.8, 4) is 57.3 Å². The number of para-hydroxylation sites is 4. The van der Waals surface area contributed by atoms with E-state index in [1.165, 1.54) is 202 Å². The molecule has 0 saturated carbocycles. The van der Waals surface area contributed by atoms with Gasteiger partial charge in [0.05, 0.1) is 22.1 Å². The van der Waals surface area contributed by atoms with Crippen LogP contribution in [0.1, 0.15) is 201 Å². The second-order valence-corrected chi connectivity index (χ2v) is 25.2. The fraction of sp³-hybridized carbons (Fsp3) is 0.310. The number of hydrogen-bond donors (Lipinski definition) is 0. The molecule has 430 valence electrons. The second-order valence-electron chi connectivity index (χ2n) is 25.2. The Labute approximate surface area is 512 Å². The third kappa shape index (κ3) is 10.6. The lowest BCUT2D eigenvalue weighted by Gasteiger charge is -2.33. The first-order valence-electron chi connectivity index (χ1n) is 33.2. The van der Waals surface area contributed by atoms with Crippen molar-refractivity contribution < 1.29 is 0 Å². The lowest BCUT2D eigenvalue weighted by Crippen LogP contribution is -2.26. The predicted molar refractivity (Wildman–Crippen MR) is 367 cm³/mol. The van der Waals surface area contributed by atoms with E-state index < -0.39 is 0 Å². The zero-order valence-electron chi connectivity index (χ0n) is 51.5. The summed E-state index contributed by atoms with van der Waals surface area (Å²) in [6.07, 6.45) is 24.6. The molecule has 9 aromatic carbocycles. The highest BCUT2D eigenvalue weighted by atomic mass is 15.0. The summed E-state index contributed by atoms with van der Waals surface area (Å²) in [6, 6.07) is 73.4. The minimum atomic E-state index is -0.0789. The van der Waals surface area contributed by atoms with Crippen LogP contribution in [0.3, 0.4) is 0 Å². The molecule has 2 heterocycles. The summed E-state index contributed by atoms with van der Waals surface area (Å²) >= 11 is 0. The average molecular weight is 1120 g/mol. The topological polar surface area (TPSA) is 9.86 Å². The molecular formula is C84H84N2. The van der Waals surface area contributed by atoms with Crippen LogP contribution in [0.4, 0.5) is 0 Å². The van der Waals surface area contributed by atoms with Crippen molar-refractivity contribution >= 4 is 43.6 Å². The van der Waals surface area contributed by atoms with E-state index in [9.17, 15) is 0 Å². The average Bonchev–Trinajstić information content (AvgIpc) is 2.98. The monoisotopic (exact) mass is 1120 g/mol. The first-order valence-corrected chi connectivity index (χ1v) is 33.2. The van der Waals surface area contributed by atoms with E-state index >= 15 is 0 Å². The van der Waals surface area contributed by atoms with Gasteiger partial charge < -0.3 is 9.13 Å². The van der Waals surface area contributed by atoms with Crippen LogP contribution in [-0.2, 0) is 10.8 Å². The van der Waals surface area contributed by atoms with Crippen LogP contribution in [0, 0.1) is 23.7 Å². The van der Waals surface area contributed by atoms with Gasteiger partial charge in [-0.1, -0.05) is 251 Å². The summed E-state index contributed by atoms with van der Waals surface area (Å²) < 4.78 is 5.01. The van der Waals surface area contributed by atoms with Gasteiger partial charge in [-0.3, -0.25) is 0 Å².